The summed E-state index contributed by atoms with van der Waals surface area (Å²) in [6.07, 6.45) is 4.62. The molecule has 19 heavy (non-hydrogen) atoms. The number of hydrogen-bond donors (Lipinski definition) is 3. The molecule has 0 aromatic carbocycles. The fourth-order valence-electron chi connectivity index (χ4n) is 2.54. The maximum Gasteiger partial charge on any atom is 0.315 e. The van der Waals surface area contributed by atoms with Gasteiger partial charge in [0.05, 0.1) is 5.92 Å². The zero-order chi connectivity index (χ0) is 14.5. The Kier molecular flexibility index (Phi) is 5.63. The minimum Gasteiger partial charge on any atom is -0.481 e. The molecule has 1 saturated carbocycles. The second-order valence-corrected chi connectivity index (χ2v) is 6.22. The van der Waals surface area contributed by atoms with Gasteiger partial charge >= 0.3 is 12.0 Å². The van der Waals surface area contributed by atoms with Gasteiger partial charge in [-0.15, -0.1) is 0 Å². The SMILES string of the molecule is CC(CCCNC(=O)NC1CCCC1(C)C)C(=O)O. The summed E-state index contributed by atoms with van der Waals surface area (Å²) in [5, 5.41) is 14.6. The number of hydrogen-bond acceptors (Lipinski definition) is 2. The lowest BCUT2D eigenvalue weighted by Gasteiger charge is -2.27. The van der Waals surface area contributed by atoms with Crippen LogP contribution in [0.1, 0.15) is 52.9 Å². The van der Waals surface area contributed by atoms with Gasteiger partial charge in [0.2, 0.25) is 0 Å². The summed E-state index contributed by atoms with van der Waals surface area (Å²) in [7, 11) is 0. The standard InChI is InChI=1S/C14H26N2O3/c1-10(12(17)18)6-5-9-15-13(19)16-11-7-4-8-14(11,2)3/h10-11H,4-9H2,1-3H3,(H,17,18)(H2,15,16,19). The van der Waals surface area contributed by atoms with Crippen LogP contribution in [0.15, 0.2) is 0 Å². The average molecular weight is 270 g/mol. The van der Waals surface area contributed by atoms with Crippen molar-refractivity contribution in [2.75, 3.05) is 6.54 Å². The van der Waals surface area contributed by atoms with Gasteiger partial charge in [-0.3, -0.25) is 4.79 Å². The van der Waals surface area contributed by atoms with Crippen LogP contribution in [0, 0.1) is 11.3 Å². The predicted molar refractivity (Wildman–Crippen MR) is 74.0 cm³/mol. The van der Waals surface area contributed by atoms with E-state index in [1.165, 1.54) is 0 Å². The molecule has 1 aliphatic rings. The summed E-state index contributed by atoms with van der Waals surface area (Å²) in [6, 6.07) is 0.105. The zero-order valence-corrected chi connectivity index (χ0v) is 12.2. The Labute approximate surface area is 115 Å². The van der Waals surface area contributed by atoms with Gasteiger partial charge in [-0.25, -0.2) is 4.79 Å². The van der Waals surface area contributed by atoms with E-state index in [2.05, 4.69) is 24.5 Å². The lowest BCUT2D eigenvalue weighted by molar-refractivity contribution is -0.141. The molecule has 0 spiro atoms. The minimum absolute atomic E-state index is 0.136. The summed E-state index contributed by atoms with van der Waals surface area (Å²) < 4.78 is 0. The van der Waals surface area contributed by atoms with E-state index in [0.717, 1.165) is 19.3 Å². The highest BCUT2D eigenvalue weighted by Crippen LogP contribution is 2.36. The average Bonchev–Trinajstić information content (AvgIpc) is 2.64. The molecule has 0 aliphatic heterocycles. The number of nitrogens with one attached hydrogen (secondary N) is 2. The Bertz CT molecular complexity index is 329. The first kappa shape index (κ1) is 15.8. The molecule has 3 N–H and O–H groups in total. The van der Waals surface area contributed by atoms with E-state index in [1.54, 1.807) is 6.92 Å². The number of carboxylic acid groups (broad SMARTS) is 1. The van der Waals surface area contributed by atoms with Crippen LogP contribution < -0.4 is 10.6 Å². The molecule has 0 heterocycles. The Hall–Kier alpha value is -1.26. The lowest BCUT2D eigenvalue weighted by Crippen LogP contribution is -2.46. The second kappa shape index (κ2) is 6.78. The summed E-state index contributed by atoms with van der Waals surface area (Å²) in [5.41, 5.74) is 0.176. The second-order valence-electron chi connectivity index (χ2n) is 6.22. The molecule has 0 bridgehead atoms. The van der Waals surface area contributed by atoms with E-state index in [-0.39, 0.29) is 23.4 Å². The molecule has 2 atom stereocenters. The summed E-state index contributed by atoms with van der Waals surface area (Å²) in [5.74, 6) is -1.13. The fourth-order valence-corrected chi connectivity index (χ4v) is 2.54. The van der Waals surface area contributed by atoms with Crippen molar-refractivity contribution < 1.29 is 14.7 Å². The van der Waals surface area contributed by atoms with Crippen LogP contribution in [-0.4, -0.2) is 29.7 Å². The van der Waals surface area contributed by atoms with Gasteiger partial charge in [0, 0.05) is 12.6 Å². The first-order valence-corrected chi connectivity index (χ1v) is 7.10. The van der Waals surface area contributed by atoms with Gasteiger partial charge in [0.1, 0.15) is 0 Å². The third-order valence-electron chi connectivity index (χ3n) is 4.08. The summed E-state index contributed by atoms with van der Waals surface area (Å²) in [4.78, 5) is 22.4. The van der Waals surface area contributed by atoms with Gasteiger partial charge in [-0.2, -0.15) is 0 Å². The van der Waals surface area contributed by atoms with Crippen LogP contribution in [-0.2, 0) is 4.79 Å². The number of urea groups is 1. The monoisotopic (exact) mass is 270 g/mol. The number of amides is 2. The number of rotatable bonds is 6. The lowest BCUT2D eigenvalue weighted by atomic mass is 9.87. The quantitative estimate of drug-likeness (QED) is 0.648. The molecule has 0 radical (unpaired) electrons. The molecule has 1 rings (SSSR count). The van der Waals surface area contributed by atoms with Gasteiger partial charge < -0.3 is 15.7 Å². The third kappa shape index (κ3) is 5.09. The summed E-state index contributed by atoms with van der Waals surface area (Å²) in [6.45, 7) is 6.57. The van der Waals surface area contributed by atoms with Crippen molar-refractivity contribution in [2.45, 2.75) is 58.9 Å². The van der Waals surface area contributed by atoms with Crippen LogP contribution in [0.2, 0.25) is 0 Å². The highest BCUT2D eigenvalue weighted by molar-refractivity contribution is 5.74. The molecular formula is C14H26N2O3. The van der Waals surface area contributed by atoms with Crippen LogP contribution in [0.3, 0.4) is 0 Å². The van der Waals surface area contributed by atoms with Crippen molar-refractivity contribution in [3.05, 3.63) is 0 Å². The molecule has 0 saturated heterocycles. The Balaban J connectivity index is 2.17. The maximum atomic E-state index is 11.7. The molecule has 2 unspecified atom stereocenters. The first-order chi connectivity index (χ1) is 8.83. The van der Waals surface area contributed by atoms with E-state index >= 15 is 0 Å². The van der Waals surface area contributed by atoms with E-state index in [9.17, 15) is 9.59 Å². The molecule has 0 aromatic heterocycles. The topological polar surface area (TPSA) is 78.4 Å². The molecule has 1 fully saturated rings. The third-order valence-corrected chi connectivity index (χ3v) is 4.08. The number of aliphatic carboxylic acids is 1. The van der Waals surface area contributed by atoms with E-state index in [0.29, 0.717) is 19.4 Å². The highest BCUT2D eigenvalue weighted by atomic mass is 16.4. The van der Waals surface area contributed by atoms with Crippen molar-refractivity contribution in [2.24, 2.45) is 11.3 Å². The predicted octanol–water partition coefficient (Wildman–Crippen LogP) is 2.37. The smallest absolute Gasteiger partial charge is 0.315 e. The molecule has 110 valence electrons. The summed E-state index contributed by atoms with van der Waals surface area (Å²) >= 11 is 0. The van der Waals surface area contributed by atoms with E-state index < -0.39 is 5.97 Å². The molecule has 5 heteroatoms. The van der Waals surface area contributed by atoms with Crippen molar-refractivity contribution in [1.29, 1.82) is 0 Å². The van der Waals surface area contributed by atoms with Crippen LogP contribution in [0.4, 0.5) is 4.79 Å². The highest BCUT2D eigenvalue weighted by Gasteiger charge is 2.35. The minimum atomic E-state index is -0.780. The van der Waals surface area contributed by atoms with Crippen LogP contribution in [0.25, 0.3) is 0 Å². The van der Waals surface area contributed by atoms with Gasteiger partial charge in [0.15, 0.2) is 0 Å². The van der Waals surface area contributed by atoms with Crippen molar-refractivity contribution in [1.82, 2.24) is 10.6 Å². The molecule has 5 nitrogen and oxygen atoms in total. The Morgan fingerprint density at radius 1 is 1.42 bits per heavy atom. The van der Waals surface area contributed by atoms with Gasteiger partial charge in [-0.05, 0) is 31.1 Å². The van der Waals surface area contributed by atoms with Crippen molar-refractivity contribution in [3.8, 4) is 0 Å². The van der Waals surface area contributed by atoms with E-state index in [4.69, 9.17) is 5.11 Å². The number of carbonyl (C=O) groups excluding carboxylic acids is 1. The number of carboxylic acids is 1. The van der Waals surface area contributed by atoms with Crippen LogP contribution >= 0.6 is 0 Å². The first-order valence-electron chi connectivity index (χ1n) is 7.10. The maximum absolute atomic E-state index is 11.7. The van der Waals surface area contributed by atoms with Crippen molar-refractivity contribution in [3.63, 3.8) is 0 Å². The number of carbonyl (C=O) groups is 2. The Morgan fingerprint density at radius 2 is 2.11 bits per heavy atom. The zero-order valence-electron chi connectivity index (χ0n) is 12.2. The van der Waals surface area contributed by atoms with Gasteiger partial charge in [0.25, 0.3) is 0 Å². The van der Waals surface area contributed by atoms with Gasteiger partial charge in [-0.1, -0.05) is 27.2 Å². The molecule has 0 aromatic rings. The fraction of sp³-hybridized carbons (Fsp3) is 0.857. The molecule has 1 aliphatic carbocycles. The Morgan fingerprint density at radius 3 is 2.63 bits per heavy atom. The van der Waals surface area contributed by atoms with E-state index in [1.807, 2.05) is 0 Å². The largest absolute Gasteiger partial charge is 0.481 e. The molecular weight excluding hydrogens is 244 g/mol. The van der Waals surface area contributed by atoms with Crippen molar-refractivity contribution >= 4 is 12.0 Å². The molecule has 2 amide bonds. The van der Waals surface area contributed by atoms with Crippen LogP contribution in [0.5, 0.6) is 0 Å². The normalized spacial score (nSPS) is 22.8.